The molecule has 7 heteroatoms. The predicted molar refractivity (Wildman–Crippen MR) is 103 cm³/mol. The van der Waals surface area contributed by atoms with Gasteiger partial charge in [-0.15, -0.1) is 0 Å². The third-order valence-corrected chi connectivity index (χ3v) is 5.27. The maximum absolute atomic E-state index is 12.8. The van der Waals surface area contributed by atoms with E-state index in [4.69, 9.17) is 12.2 Å². The lowest BCUT2D eigenvalue weighted by molar-refractivity contribution is -0.146. The summed E-state index contributed by atoms with van der Waals surface area (Å²) in [4.78, 5) is 30.3. The highest BCUT2D eigenvalue weighted by atomic mass is 32.2. The number of para-hydroxylation sites is 1. The summed E-state index contributed by atoms with van der Waals surface area (Å²) < 4.78 is 0.269. The predicted octanol–water partition coefficient (Wildman–Crippen LogP) is 3.55. The number of hydrogen-bond donors (Lipinski definition) is 1. The van der Waals surface area contributed by atoms with Gasteiger partial charge in [-0.1, -0.05) is 62.1 Å². The van der Waals surface area contributed by atoms with Gasteiger partial charge in [0.1, 0.15) is 10.4 Å². The van der Waals surface area contributed by atoms with Gasteiger partial charge in [0.2, 0.25) is 0 Å². The van der Waals surface area contributed by atoms with Crippen LogP contribution in [0.25, 0.3) is 17.0 Å². The lowest BCUT2D eigenvalue weighted by Gasteiger charge is -2.26. The van der Waals surface area contributed by atoms with Gasteiger partial charge in [0.05, 0.1) is 10.4 Å². The molecule has 2 heterocycles. The Balaban J connectivity index is 2.02. The van der Waals surface area contributed by atoms with E-state index in [2.05, 4.69) is 4.98 Å². The summed E-state index contributed by atoms with van der Waals surface area (Å²) in [5.74, 6) is -1.68. The largest absolute Gasteiger partial charge is 0.480 e. The number of hydrogen-bond acceptors (Lipinski definition) is 5. The molecular formula is C18H16N2O3S2. The summed E-state index contributed by atoms with van der Waals surface area (Å²) >= 11 is 6.40. The number of thioether (sulfide) groups is 1. The van der Waals surface area contributed by atoms with Crippen molar-refractivity contribution >= 4 is 57.2 Å². The molecule has 1 N–H and O–H groups in total. The van der Waals surface area contributed by atoms with Crippen LogP contribution in [0, 0.1) is 5.92 Å². The number of carbonyl (C=O) groups excluding carboxylic acids is 1. The molecule has 1 aliphatic heterocycles. The Morgan fingerprint density at radius 2 is 2.04 bits per heavy atom. The zero-order chi connectivity index (χ0) is 18.1. The van der Waals surface area contributed by atoms with Gasteiger partial charge >= 0.3 is 5.97 Å². The van der Waals surface area contributed by atoms with Gasteiger partial charge in [0.25, 0.3) is 5.91 Å². The van der Waals surface area contributed by atoms with Crippen LogP contribution in [0.1, 0.15) is 19.4 Å². The molecule has 1 fully saturated rings. The molecule has 5 nitrogen and oxygen atoms in total. The van der Waals surface area contributed by atoms with E-state index in [1.807, 2.05) is 30.3 Å². The number of carbonyl (C=O) groups is 2. The molecule has 0 radical (unpaired) electrons. The average Bonchev–Trinajstić information content (AvgIpc) is 2.83. The van der Waals surface area contributed by atoms with Crippen LogP contribution in [-0.4, -0.2) is 37.2 Å². The van der Waals surface area contributed by atoms with Gasteiger partial charge < -0.3 is 5.11 Å². The molecule has 1 aliphatic rings. The van der Waals surface area contributed by atoms with E-state index in [0.29, 0.717) is 4.91 Å². The molecule has 1 saturated heterocycles. The highest BCUT2D eigenvalue weighted by Gasteiger charge is 2.41. The first-order valence-electron chi connectivity index (χ1n) is 7.73. The number of aliphatic carboxylic acids is 1. The van der Waals surface area contributed by atoms with E-state index in [1.54, 1.807) is 26.1 Å². The monoisotopic (exact) mass is 372 g/mol. The molecule has 0 spiro atoms. The molecule has 2 aromatic rings. The summed E-state index contributed by atoms with van der Waals surface area (Å²) in [5, 5.41) is 10.4. The van der Waals surface area contributed by atoms with Crippen LogP contribution in [0.3, 0.4) is 0 Å². The smallest absolute Gasteiger partial charge is 0.327 e. The van der Waals surface area contributed by atoms with E-state index in [1.165, 1.54) is 4.90 Å². The van der Waals surface area contributed by atoms with E-state index in [-0.39, 0.29) is 16.1 Å². The van der Waals surface area contributed by atoms with Gasteiger partial charge in [-0.2, -0.15) is 0 Å². The van der Waals surface area contributed by atoms with Crippen molar-refractivity contribution in [1.82, 2.24) is 9.88 Å². The Morgan fingerprint density at radius 1 is 1.32 bits per heavy atom. The number of nitrogens with zero attached hydrogens (tertiary/aromatic N) is 2. The fourth-order valence-electron chi connectivity index (χ4n) is 2.80. The zero-order valence-corrected chi connectivity index (χ0v) is 15.3. The number of fused-ring (bicyclic) bond motifs is 1. The minimum Gasteiger partial charge on any atom is -0.480 e. The maximum Gasteiger partial charge on any atom is 0.327 e. The number of benzene rings is 1. The second-order valence-electron chi connectivity index (χ2n) is 6.00. The minimum absolute atomic E-state index is 0.251. The second-order valence-corrected chi connectivity index (χ2v) is 7.68. The first kappa shape index (κ1) is 17.6. The fraction of sp³-hybridized carbons (Fsp3) is 0.222. The van der Waals surface area contributed by atoms with Crippen LogP contribution in [-0.2, 0) is 9.59 Å². The van der Waals surface area contributed by atoms with Crippen molar-refractivity contribution in [2.24, 2.45) is 5.92 Å². The van der Waals surface area contributed by atoms with Gasteiger partial charge in [0.15, 0.2) is 0 Å². The highest BCUT2D eigenvalue weighted by molar-refractivity contribution is 8.26. The van der Waals surface area contributed by atoms with Gasteiger partial charge in [-0.05, 0) is 18.1 Å². The summed E-state index contributed by atoms with van der Waals surface area (Å²) in [7, 11) is 0. The SMILES string of the molecule is CC(C)C(C(=O)O)N1C(=O)/C(=C/c2cccc3cccnc23)SC1=S. The first-order chi connectivity index (χ1) is 11.9. The molecular weight excluding hydrogens is 356 g/mol. The van der Waals surface area contributed by atoms with Crippen molar-refractivity contribution in [2.45, 2.75) is 19.9 Å². The lowest BCUT2D eigenvalue weighted by atomic mass is 10.0. The fourth-order valence-corrected chi connectivity index (χ4v) is 4.12. The summed E-state index contributed by atoms with van der Waals surface area (Å²) in [6.45, 7) is 3.52. The average molecular weight is 372 g/mol. The Hall–Kier alpha value is -2.25. The minimum atomic E-state index is -1.06. The molecule has 1 unspecified atom stereocenters. The number of carboxylic acid groups (broad SMARTS) is 1. The maximum atomic E-state index is 12.8. The van der Waals surface area contributed by atoms with Crippen LogP contribution in [0.4, 0.5) is 0 Å². The Morgan fingerprint density at radius 3 is 2.72 bits per heavy atom. The van der Waals surface area contributed by atoms with E-state index in [0.717, 1.165) is 28.2 Å². The van der Waals surface area contributed by atoms with Crippen molar-refractivity contribution in [3.05, 3.63) is 47.0 Å². The molecule has 0 aliphatic carbocycles. The molecule has 0 bridgehead atoms. The third kappa shape index (κ3) is 3.29. The van der Waals surface area contributed by atoms with E-state index < -0.39 is 12.0 Å². The van der Waals surface area contributed by atoms with Gasteiger partial charge in [-0.25, -0.2) is 4.79 Å². The standard InChI is InChI=1S/C18H16N2O3S2/c1-10(2)15(17(22)23)20-16(21)13(25-18(20)24)9-12-6-3-5-11-7-4-8-19-14(11)12/h3-10,15H,1-2H3,(H,22,23)/b13-9-. The topological polar surface area (TPSA) is 70.5 Å². The van der Waals surface area contributed by atoms with Crippen molar-refractivity contribution in [3.63, 3.8) is 0 Å². The summed E-state index contributed by atoms with van der Waals surface area (Å²) in [5.41, 5.74) is 1.59. The Kier molecular flexibility index (Phi) is 4.87. The number of pyridine rings is 1. The molecule has 1 amide bonds. The third-order valence-electron chi connectivity index (χ3n) is 3.94. The molecule has 1 aromatic carbocycles. The highest BCUT2D eigenvalue weighted by Crippen LogP contribution is 2.36. The normalized spacial score (nSPS) is 17.7. The van der Waals surface area contributed by atoms with Crippen LogP contribution < -0.4 is 0 Å². The molecule has 3 rings (SSSR count). The zero-order valence-electron chi connectivity index (χ0n) is 13.7. The van der Waals surface area contributed by atoms with Crippen molar-refractivity contribution < 1.29 is 14.7 Å². The van der Waals surface area contributed by atoms with Crippen LogP contribution in [0.5, 0.6) is 0 Å². The van der Waals surface area contributed by atoms with Crippen molar-refractivity contribution in [3.8, 4) is 0 Å². The van der Waals surface area contributed by atoms with E-state index >= 15 is 0 Å². The Bertz CT molecular complexity index is 903. The van der Waals surface area contributed by atoms with Gasteiger partial charge in [-0.3, -0.25) is 14.7 Å². The molecule has 0 saturated carbocycles. The van der Waals surface area contributed by atoms with Crippen LogP contribution in [0.15, 0.2) is 41.4 Å². The number of thiocarbonyl (C=S) groups is 1. The summed E-state index contributed by atoms with van der Waals surface area (Å²) in [6, 6.07) is 8.55. The summed E-state index contributed by atoms with van der Waals surface area (Å²) in [6.07, 6.45) is 3.43. The quantitative estimate of drug-likeness (QED) is 0.654. The number of rotatable bonds is 4. The number of amides is 1. The molecule has 25 heavy (non-hydrogen) atoms. The lowest BCUT2D eigenvalue weighted by Crippen LogP contribution is -2.47. The van der Waals surface area contributed by atoms with Crippen molar-refractivity contribution in [2.75, 3.05) is 0 Å². The van der Waals surface area contributed by atoms with Crippen molar-refractivity contribution in [1.29, 1.82) is 0 Å². The Labute approximate surface area is 154 Å². The van der Waals surface area contributed by atoms with Gasteiger partial charge in [0, 0.05) is 17.1 Å². The molecule has 128 valence electrons. The number of carboxylic acids is 1. The van der Waals surface area contributed by atoms with E-state index in [9.17, 15) is 14.7 Å². The molecule has 1 atom stereocenters. The second kappa shape index (κ2) is 6.93. The first-order valence-corrected chi connectivity index (χ1v) is 8.96. The molecule has 1 aromatic heterocycles. The number of aromatic nitrogens is 1. The van der Waals surface area contributed by atoms with Crippen LogP contribution in [0.2, 0.25) is 0 Å². The van der Waals surface area contributed by atoms with Crippen LogP contribution >= 0.6 is 24.0 Å².